The predicted octanol–water partition coefficient (Wildman–Crippen LogP) is 0.422. The quantitative estimate of drug-likeness (QED) is 0.384. The zero-order chi connectivity index (χ0) is 11.1. The normalized spacial score (nSPS) is 16.6. The van der Waals surface area contributed by atoms with Gasteiger partial charge in [0.15, 0.2) is 0 Å². The highest BCUT2D eigenvalue weighted by Gasteiger charge is 2.22. The summed E-state index contributed by atoms with van der Waals surface area (Å²) in [5.74, 6) is -0.500. The zero-order valence-corrected chi connectivity index (χ0v) is 8.73. The highest BCUT2D eigenvalue weighted by atomic mass is 16.7. The number of carbonyl (C=O) groups is 2. The van der Waals surface area contributed by atoms with E-state index in [0.717, 1.165) is 6.42 Å². The van der Waals surface area contributed by atoms with Crippen LogP contribution in [0.3, 0.4) is 0 Å². The molecule has 5 heteroatoms. The zero-order valence-electron chi connectivity index (χ0n) is 8.73. The van der Waals surface area contributed by atoms with Crippen LogP contribution in [-0.4, -0.2) is 24.8 Å². The first-order valence-corrected chi connectivity index (χ1v) is 4.58. The number of hydrogen-bond acceptors (Lipinski definition) is 5. The molecule has 0 bridgehead atoms. The molecule has 0 aliphatic carbocycles. The molecule has 1 unspecified atom stereocenters. The molecule has 0 amide bonds. The van der Waals surface area contributed by atoms with Crippen LogP contribution in [-0.2, 0) is 19.1 Å². The van der Waals surface area contributed by atoms with Crippen molar-refractivity contribution in [1.29, 1.82) is 0 Å². The third kappa shape index (κ3) is 4.23. The Bertz CT molecular complexity index is 195. The van der Waals surface area contributed by atoms with Gasteiger partial charge in [0.25, 0.3) is 6.47 Å². The lowest BCUT2D eigenvalue weighted by Crippen LogP contribution is -2.39. The van der Waals surface area contributed by atoms with Gasteiger partial charge < -0.3 is 15.2 Å². The molecule has 82 valence electrons. The Morgan fingerprint density at radius 2 is 2.07 bits per heavy atom. The van der Waals surface area contributed by atoms with Crippen LogP contribution in [0, 0.1) is 5.92 Å². The van der Waals surface area contributed by atoms with Crippen molar-refractivity contribution in [3.63, 3.8) is 0 Å². The Kier molecular flexibility index (Phi) is 5.87. The maximum absolute atomic E-state index is 11.3. The van der Waals surface area contributed by atoms with Crippen LogP contribution < -0.4 is 5.73 Å². The first-order chi connectivity index (χ1) is 6.52. The van der Waals surface area contributed by atoms with Crippen molar-refractivity contribution in [2.24, 2.45) is 11.7 Å². The summed E-state index contributed by atoms with van der Waals surface area (Å²) in [4.78, 5) is 21.2. The van der Waals surface area contributed by atoms with Crippen LogP contribution in [0.1, 0.15) is 27.2 Å². The molecule has 14 heavy (non-hydrogen) atoms. The van der Waals surface area contributed by atoms with E-state index in [1.54, 1.807) is 0 Å². The predicted molar refractivity (Wildman–Crippen MR) is 50.1 cm³/mol. The van der Waals surface area contributed by atoms with Gasteiger partial charge in [0, 0.05) is 6.92 Å². The van der Waals surface area contributed by atoms with Gasteiger partial charge in [-0.15, -0.1) is 0 Å². The largest absolute Gasteiger partial charge is 0.428 e. The number of rotatable bonds is 6. The summed E-state index contributed by atoms with van der Waals surface area (Å²) in [7, 11) is 0. The molecule has 0 aliphatic heterocycles. The Balaban J connectivity index is 4.00. The Morgan fingerprint density at radius 1 is 1.50 bits per heavy atom. The van der Waals surface area contributed by atoms with E-state index in [1.807, 2.05) is 13.8 Å². The molecule has 0 saturated carbocycles. The molecule has 0 radical (unpaired) electrons. The number of esters is 1. The first-order valence-electron chi connectivity index (χ1n) is 4.58. The number of nitrogens with two attached hydrogens (primary N) is 1. The monoisotopic (exact) mass is 203 g/mol. The second-order valence-electron chi connectivity index (χ2n) is 3.15. The van der Waals surface area contributed by atoms with Crippen molar-refractivity contribution in [3.05, 3.63) is 0 Å². The van der Waals surface area contributed by atoms with Crippen molar-refractivity contribution in [3.8, 4) is 0 Å². The van der Waals surface area contributed by atoms with E-state index < -0.39 is 18.3 Å². The summed E-state index contributed by atoms with van der Waals surface area (Å²) in [5.41, 5.74) is 5.60. The maximum atomic E-state index is 11.3. The van der Waals surface area contributed by atoms with Gasteiger partial charge in [-0.2, -0.15) is 0 Å². The molecule has 0 rings (SSSR count). The fourth-order valence-electron chi connectivity index (χ4n) is 0.834. The van der Waals surface area contributed by atoms with Crippen molar-refractivity contribution < 1.29 is 19.1 Å². The molecular formula is C9H17NO4. The summed E-state index contributed by atoms with van der Waals surface area (Å²) in [6.45, 7) is 5.47. The van der Waals surface area contributed by atoms with Crippen LogP contribution in [0.2, 0.25) is 0 Å². The molecule has 3 atom stereocenters. The molecule has 0 aromatic heterocycles. The summed E-state index contributed by atoms with van der Waals surface area (Å²) in [6.07, 6.45) is -0.0887. The van der Waals surface area contributed by atoms with Crippen LogP contribution in [0.4, 0.5) is 0 Å². The molecule has 5 nitrogen and oxygen atoms in total. The lowest BCUT2D eigenvalue weighted by molar-refractivity contribution is -0.178. The van der Waals surface area contributed by atoms with Gasteiger partial charge in [-0.3, -0.25) is 9.59 Å². The van der Waals surface area contributed by atoms with Crippen LogP contribution in [0.15, 0.2) is 0 Å². The van der Waals surface area contributed by atoms with E-state index in [2.05, 4.69) is 4.74 Å². The third-order valence-corrected chi connectivity index (χ3v) is 2.06. The maximum Gasteiger partial charge on any atom is 0.326 e. The minimum absolute atomic E-state index is 0.0472. The average molecular weight is 203 g/mol. The smallest absolute Gasteiger partial charge is 0.326 e. The van der Waals surface area contributed by atoms with Gasteiger partial charge in [0.1, 0.15) is 6.04 Å². The van der Waals surface area contributed by atoms with Gasteiger partial charge in [-0.25, -0.2) is 0 Å². The number of ether oxygens (including phenoxy) is 2. The van der Waals surface area contributed by atoms with Gasteiger partial charge in [-0.1, -0.05) is 20.3 Å². The Hall–Kier alpha value is -1.10. The standard InChI is InChI=1S/C9H17NO4/c1-4-6(2)8(10)9(12)14-7(3)13-5-11/h5-8H,4,10H2,1-3H3/t6-,7?,8-/m0/s1. The van der Waals surface area contributed by atoms with Crippen molar-refractivity contribution in [2.75, 3.05) is 0 Å². The van der Waals surface area contributed by atoms with Crippen molar-refractivity contribution in [1.82, 2.24) is 0 Å². The fraction of sp³-hybridized carbons (Fsp3) is 0.778. The highest BCUT2D eigenvalue weighted by Crippen LogP contribution is 2.07. The molecule has 0 aliphatic rings. The van der Waals surface area contributed by atoms with Crippen LogP contribution in [0.5, 0.6) is 0 Å². The summed E-state index contributed by atoms with van der Waals surface area (Å²) >= 11 is 0. The Morgan fingerprint density at radius 3 is 2.50 bits per heavy atom. The molecule has 0 saturated heterocycles. The molecule has 2 N–H and O–H groups in total. The van der Waals surface area contributed by atoms with Gasteiger partial charge in [-0.05, 0) is 5.92 Å². The van der Waals surface area contributed by atoms with E-state index in [9.17, 15) is 9.59 Å². The summed E-state index contributed by atoms with van der Waals surface area (Å²) < 4.78 is 9.15. The van der Waals surface area contributed by atoms with Crippen molar-refractivity contribution >= 4 is 12.4 Å². The fourth-order valence-corrected chi connectivity index (χ4v) is 0.834. The highest BCUT2D eigenvalue weighted by molar-refractivity contribution is 5.75. The SMILES string of the molecule is CC[C@H](C)[C@H](N)C(=O)OC(C)OC=O. The first kappa shape index (κ1) is 12.9. The van der Waals surface area contributed by atoms with E-state index in [-0.39, 0.29) is 12.4 Å². The summed E-state index contributed by atoms with van der Waals surface area (Å²) in [6, 6.07) is -0.669. The van der Waals surface area contributed by atoms with Gasteiger partial charge in [0.2, 0.25) is 6.29 Å². The van der Waals surface area contributed by atoms with Gasteiger partial charge >= 0.3 is 5.97 Å². The minimum Gasteiger partial charge on any atom is -0.428 e. The minimum atomic E-state index is -0.880. The molecular weight excluding hydrogens is 186 g/mol. The molecule has 0 fully saturated rings. The van der Waals surface area contributed by atoms with Crippen LogP contribution >= 0.6 is 0 Å². The van der Waals surface area contributed by atoms with E-state index in [1.165, 1.54) is 6.92 Å². The topological polar surface area (TPSA) is 78.6 Å². The average Bonchev–Trinajstić information content (AvgIpc) is 2.15. The molecule has 0 aromatic carbocycles. The Labute approximate surface area is 83.5 Å². The lowest BCUT2D eigenvalue weighted by Gasteiger charge is -2.18. The summed E-state index contributed by atoms with van der Waals surface area (Å²) in [5, 5.41) is 0. The molecule has 0 spiro atoms. The molecule has 0 heterocycles. The lowest BCUT2D eigenvalue weighted by atomic mass is 10.0. The van der Waals surface area contributed by atoms with Gasteiger partial charge in [0.05, 0.1) is 0 Å². The number of hydrogen-bond donors (Lipinski definition) is 1. The molecule has 0 aromatic rings. The van der Waals surface area contributed by atoms with Crippen LogP contribution in [0.25, 0.3) is 0 Å². The number of carbonyl (C=O) groups excluding carboxylic acids is 2. The van der Waals surface area contributed by atoms with E-state index in [0.29, 0.717) is 0 Å². The third-order valence-electron chi connectivity index (χ3n) is 2.06. The van der Waals surface area contributed by atoms with Crippen molar-refractivity contribution in [2.45, 2.75) is 39.5 Å². The second kappa shape index (κ2) is 6.37. The van der Waals surface area contributed by atoms with E-state index in [4.69, 9.17) is 10.5 Å². The van der Waals surface area contributed by atoms with E-state index >= 15 is 0 Å². The second-order valence-corrected chi connectivity index (χ2v) is 3.15.